The monoisotopic (exact) mass is 406 g/mol. The van der Waals surface area contributed by atoms with E-state index >= 15 is 0 Å². The van der Waals surface area contributed by atoms with E-state index in [0.717, 1.165) is 22.5 Å². The normalized spacial score (nSPS) is 12.7. The number of benzene rings is 2. The molecule has 0 amide bonds. The Morgan fingerprint density at radius 2 is 1.83 bits per heavy atom. The molecular weight excluding hydrogens is 384 g/mol. The molecule has 3 aromatic rings. The number of hydrogen-bond acceptors (Lipinski definition) is 5. The van der Waals surface area contributed by atoms with E-state index in [1.165, 1.54) is 0 Å². The van der Waals surface area contributed by atoms with Crippen molar-refractivity contribution in [3.05, 3.63) is 59.5 Å². The lowest BCUT2D eigenvalue weighted by atomic mass is 9.99. The van der Waals surface area contributed by atoms with Crippen LogP contribution in [0.25, 0.3) is 21.8 Å². The van der Waals surface area contributed by atoms with E-state index in [-0.39, 0.29) is 16.9 Å². The number of aromatic nitrogens is 1. The molecule has 6 heteroatoms. The molecule has 0 aliphatic rings. The first-order valence-corrected chi connectivity index (χ1v) is 10.4. The Balaban J connectivity index is 2.04. The number of carboxylic acids is 1. The smallest absolute Gasteiger partial charge is 0.348 e. The second kappa shape index (κ2) is 9.35. The maximum absolute atomic E-state index is 11.8. The molecule has 1 aromatic heterocycles. The van der Waals surface area contributed by atoms with Crippen molar-refractivity contribution in [2.45, 2.75) is 32.8 Å². The van der Waals surface area contributed by atoms with Gasteiger partial charge in [-0.3, -0.25) is 0 Å². The second-order valence-corrected chi connectivity index (χ2v) is 7.57. The molecule has 0 bridgehead atoms. The number of carboxylic acid groups (broad SMARTS) is 1. The number of hydrogen-bond donors (Lipinski definition) is 1. The van der Waals surface area contributed by atoms with Crippen LogP contribution in [0.2, 0.25) is 0 Å². The van der Waals surface area contributed by atoms with E-state index in [9.17, 15) is 15.2 Å². The van der Waals surface area contributed by atoms with Gasteiger partial charge in [-0.15, -0.1) is 11.3 Å². The molecular formula is C23H22N2O3S. The molecule has 0 saturated heterocycles. The Morgan fingerprint density at radius 3 is 2.45 bits per heavy atom. The van der Waals surface area contributed by atoms with Gasteiger partial charge in [0.2, 0.25) is 0 Å². The zero-order chi connectivity index (χ0) is 20.8. The van der Waals surface area contributed by atoms with E-state index in [4.69, 9.17) is 4.74 Å². The van der Waals surface area contributed by atoms with Gasteiger partial charge >= 0.3 is 5.97 Å². The van der Waals surface area contributed by atoms with Crippen LogP contribution in [0.15, 0.2) is 54.6 Å². The standard InChI is InChI=1S/C23H22N2O3S/c1-3-15(14-24)18(4-2)28-19-13-9-8-12-17(19)22-25-20(21(29-22)23(26)27)16-10-6-5-7-11-16/h5-13,15,18H,3-4H2,1-2H3,(H,26,27). The van der Waals surface area contributed by atoms with Crippen LogP contribution < -0.4 is 4.74 Å². The van der Waals surface area contributed by atoms with Crippen LogP contribution in [0.5, 0.6) is 5.75 Å². The number of aromatic carboxylic acids is 1. The minimum absolute atomic E-state index is 0.191. The van der Waals surface area contributed by atoms with Crippen LogP contribution in [-0.2, 0) is 0 Å². The van der Waals surface area contributed by atoms with E-state index in [0.29, 0.717) is 29.3 Å². The molecule has 0 fully saturated rings. The Bertz CT molecular complexity index is 1020. The van der Waals surface area contributed by atoms with Crippen molar-refractivity contribution >= 4 is 17.3 Å². The summed E-state index contributed by atoms with van der Waals surface area (Å²) in [6.45, 7) is 3.96. The topological polar surface area (TPSA) is 83.2 Å². The van der Waals surface area contributed by atoms with Gasteiger partial charge in [0.05, 0.1) is 23.2 Å². The van der Waals surface area contributed by atoms with Crippen molar-refractivity contribution in [1.29, 1.82) is 5.26 Å². The first-order valence-electron chi connectivity index (χ1n) is 9.54. The number of thiazole rings is 1. The second-order valence-electron chi connectivity index (χ2n) is 6.57. The summed E-state index contributed by atoms with van der Waals surface area (Å²) in [6.07, 6.45) is 1.17. The number of nitrogens with zero attached hydrogens (tertiary/aromatic N) is 2. The largest absolute Gasteiger partial charge is 0.488 e. The zero-order valence-corrected chi connectivity index (χ0v) is 17.1. The molecule has 5 nitrogen and oxygen atoms in total. The van der Waals surface area contributed by atoms with Gasteiger partial charge in [-0.25, -0.2) is 9.78 Å². The van der Waals surface area contributed by atoms with E-state index < -0.39 is 5.97 Å². The van der Waals surface area contributed by atoms with Crippen molar-refractivity contribution in [3.63, 3.8) is 0 Å². The zero-order valence-electron chi connectivity index (χ0n) is 16.3. The summed E-state index contributed by atoms with van der Waals surface area (Å²) >= 11 is 1.13. The number of rotatable bonds is 8. The van der Waals surface area contributed by atoms with Gasteiger partial charge in [-0.2, -0.15) is 5.26 Å². The molecule has 148 valence electrons. The molecule has 1 N–H and O–H groups in total. The quantitative estimate of drug-likeness (QED) is 0.505. The van der Waals surface area contributed by atoms with Gasteiger partial charge in [-0.1, -0.05) is 56.3 Å². The van der Waals surface area contributed by atoms with Crippen LogP contribution in [0.1, 0.15) is 36.4 Å². The summed E-state index contributed by atoms with van der Waals surface area (Å²) in [7, 11) is 0. The first-order chi connectivity index (χ1) is 14.1. The molecule has 29 heavy (non-hydrogen) atoms. The molecule has 2 aromatic carbocycles. The minimum atomic E-state index is -1.01. The van der Waals surface area contributed by atoms with Crippen LogP contribution >= 0.6 is 11.3 Å². The van der Waals surface area contributed by atoms with Crippen LogP contribution in [0.3, 0.4) is 0 Å². The molecule has 0 saturated carbocycles. The molecule has 0 radical (unpaired) electrons. The fraction of sp³-hybridized carbons (Fsp3) is 0.261. The highest BCUT2D eigenvalue weighted by Crippen LogP contribution is 2.38. The Labute approximate surface area is 174 Å². The summed E-state index contributed by atoms with van der Waals surface area (Å²) in [6, 6.07) is 19.0. The minimum Gasteiger partial charge on any atom is -0.488 e. The van der Waals surface area contributed by atoms with Gasteiger partial charge in [0.1, 0.15) is 21.7 Å². The van der Waals surface area contributed by atoms with E-state index in [1.807, 2.05) is 68.4 Å². The summed E-state index contributed by atoms with van der Waals surface area (Å²) in [5.41, 5.74) is 1.93. The third kappa shape index (κ3) is 4.47. The number of carbonyl (C=O) groups is 1. The highest BCUT2D eigenvalue weighted by molar-refractivity contribution is 7.17. The van der Waals surface area contributed by atoms with Crippen molar-refractivity contribution in [3.8, 4) is 33.6 Å². The molecule has 2 atom stereocenters. The highest BCUT2D eigenvalue weighted by Gasteiger charge is 2.24. The lowest BCUT2D eigenvalue weighted by molar-refractivity contribution is 0.0702. The number of ether oxygens (including phenoxy) is 1. The van der Waals surface area contributed by atoms with Crippen molar-refractivity contribution in [2.75, 3.05) is 0 Å². The van der Waals surface area contributed by atoms with Crippen molar-refractivity contribution in [1.82, 2.24) is 4.98 Å². The number of nitriles is 1. The third-order valence-corrected chi connectivity index (χ3v) is 5.80. The van der Waals surface area contributed by atoms with Gasteiger partial charge < -0.3 is 9.84 Å². The molecule has 0 spiro atoms. The Kier molecular flexibility index (Phi) is 6.63. The fourth-order valence-electron chi connectivity index (χ4n) is 3.17. The third-order valence-electron chi connectivity index (χ3n) is 4.72. The molecule has 0 aliphatic carbocycles. The predicted molar refractivity (Wildman–Crippen MR) is 114 cm³/mol. The molecule has 0 aliphatic heterocycles. The lowest BCUT2D eigenvalue weighted by Gasteiger charge is -2.22. The molecule has 1 heterocycles. The first kappa shape index (κ1) is 20.6. The molecule has 3 rings (SSSR count). The molecule has 2 unspecified atom stereocenters. The van der Waals surface area contributed by atoms with Crippen molar-refractivity contribution < 1.29 is 14.6 Å². The lowest BCUT2D eigenvalue weighted by Crippen LogP contribution is -2.25. The average molecular weight is 407 g/mol. The van der Waals surface area contributed by atoms with Gasteiger partial charge in [0.15, 0.2) is 0 Å². The number of para-hydroxylation sites is 1. The van der Waals surface area contributed by atoms with Crippen LogP contribution in [0, 0.1) is 17.2 Å². The maximum atomic E-state index is 11.8. The Hall–Kier alpha value is -3.17. The highest BCUT2D eigenvalue weighted by atomic mass is 32.1. The summed E-state index contributed by atoms with van der Waals surface area (Å²) in [5, 5.41) is 19.7. The van der Waals surface area contributed by atoms with E-state index in [1.54, 1.807) is 0 Å². The maximum Gasteiger partial charge on any atom is 0.348 e. The van der Waals surface area contributed by atoms with Gasteiger partial charge in [-0.05, 0) is 25.0 Å². The Morgan fingerprint density at radius 1 is 1.14 bits per heavy atom. The summed E-state index contributed by atoms with van der Waals surface area (Å²) in [5.74, 6) is -0.606. The van der Waals surface area contributed by atoms with Crippen LogP contribution in [0.4, 0.5) is 0 Å². The van der Waals surface area contributed by atoms with Gasteiger partial charge in [0, 0.05) is 5.56 Å². The van der Waals surface area contributed by atoms with Crippen LogP contribution in [-0.4, -0.2) is 22.2 Å². The van der Waals surface area contributed by atoms with Crippen molar-refractivity contribution in [2.24, 2.45) is 5.92 Å². The SMILES string of the molecule is CCC(C#N)C(CC)Oc1ccccc1-c1nc(-c2ccccc2)c(C(=O)O)s1. The fourth-order valence-corrected chi connectivity index (χ4v) is 4.12. The predicted octanol–water partition coefficient (Wildman–Crippen LogP) is 5.88. The van der Waals surface area contributed by atoms with Gasteiger partial charge in [0.25, 0.3) is 0 Å². The summed E-state index contributed by atoms with van der Waals surface area (Å²) in [4.78, 5) is 16.7. The summed E-state index contributed by atoms with van der Waals surface area (Å²) < 4.78 is 6.21. The average Bonchev–Trinajstić information content (AvgIpc) is 3.20. The van der Waals surface area contributed by atoms with E-state index in [2.05, 4.69) is 11.1 Å².